The molecule has 2 aromatic rings. The molecule has 0 bridgehead atoms. The van der Waals surface area contributed by atoms with Gasteiger partial charge in [-0.1, -0.05) is 18.2 Å². The van der Waals surface area contributed by atoms with Crippen LogP contribution < -0.4 is 5.32 Å². The number of amides is 2. The Kier molecular flexibility index (Phi) is 5.13. The molecule has 0 radical (unpaired) electrons. The summed E-state index contributed by atoms with van der Waals surface area (Å²) in [6.07, 6.45) is -0.635. The molecule has 2 amide bonds. The molecule has 1 aromatic carbocycles. The van der Waals surface area contributed by atoms with Gasteiger partial charge in [-0.3, -0.25) is 4.98 Å². The molecule has 6 nitrogen and oxygen atoms in total. The maximum Gasteiger partial charge on any atom is 0.416 e. The summed E-state index contributed by atoms with van der Waals surface area (Å²) in [5.41, 5.74) is -0.188. The minimum Gasteiger partial charge on any atom is -0.478 e. The summed E-state index contributed by atoms with van der Waals surface area (Å²) in [7, 11) is 0. The summed E-state index contributed by atoms with van der Waals surface area (Å²) in [6, 6.07) is 6.72. The van der Waals surface area contributed by atoms with Gasteiger partial charge < -0.3 is 15.3 Å². The fourth-order valence-corrected chi connectivity index (χ4v) is 4.70. The Labute approximate surface area is 170 Å². The number of carbonyl (C=O) groups excluding carboxylic acids is 1. The normalized spacial score (nSPS) is 23.3. The molecule has 0 unspecified atom stereocenters. The van der Waals surface area contributed by atoms with Crippen LogP contribution in [0.5, 0.6) is 0 Å². The molecule has 1 aliphatic heterocycles. The minimum atomic E-state index is -4.38. The van der Waals surface area contributed by atoms with Crippen molar-refractivity contribution in [3.05, 3.63) is 59.4 Å². The minimum absolute atomic E-state index is 0.103. The number of carboxylic acids is 1. The summed E-state index contributed by atoms with van der Waals surface area (Å²) in [5.74, 6) is -1.12. The topological polar surface area (TPSA) is 82.5 Å². The number of urea groups is 1. The van der Waals surface area contributed by atoms with Crippen molar-refractivity contribution in [3.8, 4) is 0 Å². The van der Waals surface area contributed by atoms with E-state index in [1.54, 1.807) is 17.0 Å². The van der Waals surface area contributed by atoms with Crippen molar-refractivity contribution in [3.63, 3.8) is 0 Å². The van der Waals surface area contributed by atoms with Crippen LogP contribution in [0, 0.1) is 11.8 Å². The number of aromatic nitrogens is 1. The van der Waals surface area contributed by atoms with Gasteiger partial charge in [0.15, 0.2) is 0 Å². The quantitative estimate of drug-likeness (QED) is 0.770. The number of halogens is 3. The number of hydrogen-bond donors (Lipinski definition) is 2. The maximum absolute atomic E-state index is 13.3. The zero-order valence-corrected chi connectivity index (χ0v) is 15.9. The number of carboxylic acid groups (broad SMARTS) is 1. The smallest absolute Gasteiger partial charge is 0.416 e. The van der Waals surface area contributed by atoms with Crippen molar-refractivity contribution >= 4 is 17.7 Å². The highest BCUT2D eigenvalue weighted by molar-refractivity contribution is 5.99. The van der Waals surface area contributed by atoms with Gasteiger partial charge in [0.1, 0.15) is 5.56 Å². The highest BCUT2D eigenvalue weighted by Crippen LogP contribution is 2.48. The van der Waals surface area contributed by atoms with Gasteiger partial charge in [-0.05, 0) is 48.3 Å². The van der Waals surface area contributed by atoms with Gasteiger partial charge in [0, 0.05) is 25.5 Å². The van der Waals surface area contributed by atoms with Crippen LogP contribution in [-0.4, -0.2) is 40.1 Å². The molecule has 9 heteroatoms. The first-order valence-corrected chi connectivity index (χ1v) is 9.63. The maximum atomic E-state index is 13.3. The molecule has 2 aliphatic rings. The second-order valence-electron chi connectivity index (χ2n) is 7.84. The number of fused-ring (bicyclic) bond motifs is 1. The molecule has 0 spiro atoms. The third-order valence-corrected chi connectivity index (χ3v) is 6.04. The number of benzene rings is 1. The van der Waals surface area contributed by atoms with Crippen molar-refractivity contribution < 1.29 is 27.9 Å². The summed E-state index contributed by atoms with van der Waals surface area (Å²) >= 11 is 0. The van der Waals surface area contributed by atoms with Crippen molar-refractivity contribution in [2.24, 2.45) is 11.8 Å². The number of aromatic carboxylic acids is 1. The van der Waals surface area contributed by atoms with Crippen LogP contribution in [0.4, 0.5) is 23.7 Å². The Morgan fingerprint density at radius 1 is 1.10 bits per heavy atom. The third kappa shape index (κ3) is 3.83. The molecular weight excluding hydrogens is 399 g/mol. The lowest BCUT2D eigenvalue weighted by Gasteiger charge is -2.22. The summed E-state index contributed by atoms with van der Waals surface area (Å²) in [6.45, 7) is 0.878. The van der Waals surface area contributed by atoms with Gasteiger partial charge in [-0.25, -0.2) is 9.59 Å². The third-order valence-electron chi connectivity index (χ3n) is 6.04. The van der Waals surface area contributed by atoms with Gasteiger partial charge in [-0.15, -0.1) is 0 Å². The Bertz CT molecular complexity index is 965. The molecule has 158 valence electrons. The number of carbonyl (C=O) groups is 2. The predicted molar refractivity (Wildman–Crippen MR) is 102 cm³/mol. The molecular formula is C21H20F3N3O3. The van der Waals surface area contributed by atoms with Crippen LogP contribution in [0.2, 0.25) is 0 Å². The van der Waals surface area contributed by atoms with Crippen LogP contribution in [0.1, 0.15) is 40.2 Å². The number of pyridine rings is 1. The lowest BCUT2D eigenvalue weighted by atomic mass is 9.91. The molecule has 2 N–H and O–H groups in total. The van der Waals surface area contributed by atoms with E-state index in [1.807, 2.05) is 0 Å². The van der Waals surface area contributed by atoms with Gasteiger partial charge in [0.2, 0.25) is 0 Å². The molecule has 1 saturated heterocycles. The Hall–Kier alpha value is -3.10. The van der Waals surface area contributed by atoms with E-state index in [4.69, 9.17) is 0 Å². The first kappa shape index (κ1) is 20.2. The van der Waals surface area contributed by atoms with Gasteiger partial charge in [0.25, 0.3) is 0 Å². The largest absolute Gasteiger partial charge is 0.478 e. The molecule has 1 aliphatic carbocycles. The van der Waals surface area contributed by atoms with E-state index < -0.39 is 23.7 Å². The zero-order chi connectivity index (χ0) is 21.5. The van der Waals surface area contributed by atoms with Gasteiger partial charge in [0.05, 0.1) is 11.3 Å². The SMILES string of the molecule is O=C(O)c1cnccc1NC(=O)N1C[C@H]2C[C@H](c3ccccc3C(F)(F)F)C[C@H]2C1. The molecule has 2 fully saturated rings. The molecule has 1 saturated carbocycles. The van der Waals surface area contributed by atoms with E-state index in [-0.39, 0.29) is 29.0 Å². The predicted octanol–water partition coefficient (Wildman–Crippen LogP) is 4.46. The average Bonchev–Trinajstić information content (AvgIpc) is 3.27. The standard InChI is InChI=1S/C21H20F3N3O3/c22-21(23,24)17-4-2-1-3-15(17)12-7-13-10-27(11-14(13)8-12)20(30)26-18-5-6-25-9-16(18)19(28)29/h1-6,9,12-14H,7-8,10-11H2,(H,28,29)(H,25,26,30)/t12-,13+,14-. The number of anilines is 1. The monoisotopic (exact) mass is 419 g/mol. The van der Waals surface area contributed by atoms with Crippen molar-refractivity contribution in [1.82, 2.24) is 9.88 Å². The summed E-state index contributed by atoms with van der Waals surface area (Å²) in [4.78, 5) is 29.2. The number of alkyl halides is 3. The molecule has 3 atom stereocenters. The number of hydrogen-bond acceptors (Lipinski definition) is 3. The lowest BCUT2D eigenvalue weighted by molar-refractivity contribution is -0.138. The van der Waals surface area contributed by atoms with E-state index in [2.05, 4.69) is 10.3 Å². The fraction of sp³-hybridized carbons (Fsp3) is 0.381. The number of rotatable bonds is 3. The highest BCUT2D eigenvalue weighted by atomic mass is 19.4. The Morgan fingerprint density at radius 2 is 1.77 bits per heavy atom. The van der Waals surface area contributed by atoms with Crippen molar-refractivity contribution in [2.45, 2.75) is 24.9 Å². The van der Waals surface area contributed by atoms with Crippen LogP contribution in [0.3, 0.4) is 0 Å². The summed E-state index contributed by atoms with van der Waals surface area (Å²) < 4.78 is 40.0. The van der Waals surface area contributed by atoms with E-state index in [0.717, 1.165) is 6.07 Å². The Balaban J connectivity index is 1.42. The van der Waals surface area contributed by atoms with Crippen LogP contribution in [-0.2, 0) is 6.18 Å². The first-order valence-electron chi connectivity index (χ1n) is 9.63. The number of nitrogens with one attached hydrogen (secondary N) is 1. The molecule has 1 aromatic heterocycles. The second-order valence-corrected chi connectivity index (χ2v) is 7.84. The first-order chi connectivity index (χ1) is 14.2. The Morgan fingerprint density at radius 3 is 2.40 bits per heavy atom. The van der Waals surface area contributed by atoms with E-state index in [1.165, 1.54) is 24.5 Å². The van der Waals surface area contributed by atoms with Gasteiger partial charge in [-0.2, -0.15) is 13.2 Å². The average molecular weight is 419 g/mol. The van der Waals surface area contributed by atoms with Crippen LogP contribution in [0.25, 0.3) is 0 Å². The van der Waals surface area contributed by atoms with Crippen molar-refractivity contribution in [2.75, 3.05) is 18.4 Å². The number of nitrogens with zero attached hydrogens (tertiary/aromatic N) is 2. The molecule has 4 rings (SSSR count). The number of likely N-dealkylation sites (tertiary alicyclic amines) is 1. The van der Waals surface area contributed by atoms with Crippen LogP contribution in [0.15, 0.2) is 42.7 Å². The van der Waals surface area contributed by atoms with E-state index in [9.17, 15) is 27.9 Å². The zero-order valence-electron chi connectivity index (χ0n) is 15.9. The van der Waals surface area contributed by atoms with Gasteiger partial charge >= 0.3 is 18.2 Å². The lowest BCUT2D eigenvalue weighted by Crippen LogP contribution is -2.34. The highest BCUT2D eigenvalue weighted by Gasteiger charge is 2.45. The summed E-state index contributed by atoms with van der Waals surface area (Å²) in [5, 5.41) is 11.8. The van der Waals surface area contributed by atoms with Crippen LogP contribution >= 0.6 is 0 Å². The van der Waals surface area contributed by atoms with E-state index in [0.29, 0.717) is 31.5 Å². The van der Waals surface area contributed by atoms with Crippen molar-refractivity contribution in [1.29, 1.82) is 0 Å². The fourth-order valence-electron chi connectivity index (χ4n) is 4.70. The second kappa shape index (κ2) is 7.62. The molecule has 2 heterocycles. The van der Waals surface area contributed by atoms with E-state index >= 15 is 0 Å². The molecule has 30 heavy (non-hydrogen) atoms.